The molecule has 2 aromatic rings. The van der Waals surface area contributed by atoms with E-state index in [1.54, 1.807) is 6.92 Å². The second kappa shape index (κ2) is 4.84. The molecular weight excluding hydrogens is 224 g/mol. The van der Waals surface area contributed by atoms with Gasteiger partial charge in [-0.15, -0.1) is 0 Å². The van der Waals surface area contributed by atoms with E-state index in [-0.39, 0.29) is 0 Å². The first-order chi connectivity index (χ1) is 8.61. The lowest BCUT2D eigenvalue weighted by molar-refractivity contribution is 1.05. The normalized spacial score (nSPS) is 9.89. The zero-order valence-electron chi connectivity index (χ0n) is 10.7. The van der Waals surface area contributed by atoms with Crippen molar-refractivity contribution >= 4 is 11.5 Å². The first-order valence-corrected chi connectivity index (χ1v) is 5.69. The zero-order valence-corrected chi connectivity index (χ0v) is 10.7. The fourth-order valence-electron chi connectivity index (χ4n) is 1.66. The predicted molar refractivity (Wildman–Crippen MR) is 70.7 cm³/mol. The molecule has 0 unspecified atom stereocenters. The van der Waals surface area contributed by atoms with Crippen molar-refractivity contribution in [2.24, 2.45) is 0 Å². The summed E-state index contributed by atoms with van der Waals surface area (Å²) in [4.78, 5) is 8.28. The van der Waals surface area contributed by atoms with Crippen molar-refractivity contribution in [3.05, 3.63) is 46.9 Å². The van der Waals surface area contributed by atoms with Crippen LogP contribution in [0.5, 0.6) is 0 Å². The van der Waals surface area contributed by atoms with E-state index in [0.29, 0.717) is 17.2 Å². The molecule has 1 heterocycles. The van der Waals surface area contributed by atoms with Crippen molar-refractivity contribution in [3.63, 3.8) is 0 Å². The van der Waals surface area contributed by atoms with Gasteiger partial charge in [0.1, 0.15) is 17.5 Å². The molecular formula is C14H14N4. The van der Waals surface area contributed by atoms with E-state index in [9.17, 15) is 0 Å². The highest BCUT2D eigenvalue weighted by atomic mass is 15.0. The number of rotatable bonds is 2. The average molecular weight is 238 g/mol. The van der Waals surface area contributed by atoms with Gasteiger partial charge in [0.25, 0.3) is 0 Å². The van der Waals surface area contributed by atoms with Gasteiger partial charge in [0.05, 0.1) is 6.20 Å². The molecule has 0 atom stereocenters. The van der Waals surface area contributed by atoms with Gasteiger partial charge in [-0.1, -0.05) is 12.1 Å². The highest BCUT2D eigenvalue weighted by Gasteiger charge is 2.07. The van der Waals surface area contributed by atoms with Crippen molar-refractivity contribution in [1.29, 1.82) is 5.26 Å². The quantitative estimate of drug-likeness (QED) is 0.873. The second-order valence-corrected chi connectivity index (χ2v) is 4.16. The Morgan fingerprint density at radius 3 is 2.72 bits per heavy atom. The van der Waals surface area contributed by atoms with Crippen LogP contribution in [0.1, 0.15) is 22.5 Å². The summed E-state index contributed by atoms with van der Waals surface area (Å²) in [6.45, 7) is 5.89. The molecule has 0 saturated carbocycles. The molecule has 18 heavy (non-hydrogen) atoms. The summed E-state index contributed by atoms with van der Waals surface area (Å²) in [7, 11) is 0. The van der Waals surface area contributed by atoms with E-state index in [1.807, 2.05) is 19.1 Å². The molecule has 1 aromatic carbocycles. The molecule has 0 aliphatic rings. The fraction of sp³-hybridized carbons (Fsp3) is 0.214. The molecule has 2 rings (SSSR count). The SMILES string of the molecule is Cc1ncc(C#N)c(Nc2cccc(C)c2C)n1. The Hall–Kier alpha value is -2.41. The maximum absolute atomic E-state index is 9.04. The van der Waals surface area contributed by atoms with Crippen LogP contribution in [0.25, 0.3) is 0 Å². The predicted octanol–water partition coefficient (Wildman–Crippen LogP) is 3.02. The summed E-state index contributed by atoms with van der Waals surface area (Å²) >= 11 is 0. The van der Waals surface area contributed by atoms with Crippen LogP contribution in [0.2, 0.25) is 0 Å². The Balaban J connectivity index is 2.43. The van der Waals surface area contributed by atoms with Crippen molar-refractivity contribution in [1.82, 2.24) is 9.97 Å². The van der Waals surface area contributed by atoms with Crippen LogP contribution in [-0.2, 0) is 0 Å². The van der Waals surface area contributed by atoms with Crippen molar-refractivity contribution in [2.45, 2.75) is 20.8 Å². The molecule has 4 nitrogen and oxygen atoms in total. The lowest BCUT2D eigenvalue weighted by Crippen LogP contribution is -2.02. The number of benzene rings is 1. The van der Waals surface area contributed by atoms with Gasteiger partial charge in [0, 0.05) is 5.69 Å². The molecule has 0 radical (unpaired) electrons. The standard InChI is InChI=1S/C14H14N4/c1-9-5-4-6-13(10(9)2)18-14-12(7-15)8-16-11(3)17-14/h4-6,8H,1-3H3,(H,16,17,18). The van der Waals surface area contributed by atoms with Gasteiger partial charge < -0.3 is 5.32 Å². The van der Waals surface area contributed by atoms with E-state index >= 15 is 0 Å². The first-order valence-electron chi connectivity index (χ1n) is 5.69. The number of aromatic nitrogens is 2. The molecule has 4 heteroatoms. The van der Waals surface area contributed by atoms with Crippen LogP contribution in [0.15, 0.2) is 24.4 Å². The number of nitrogens with one attached hydrogen (secondary N) is 1. The minimum Gasteiger partial charge on any atom is -0.339 e. The largest absolute Gasteiger partial charge is 0.339 e. The fourth-order valence-corrected chi connectivity index (χ4v) is 1.66. The lowest BCUT2D eigenvalue weighted by Gasteiger charge is -2.11. The van der Waals surface area contributed by atoms with E-state index in [4.69, 9.17) is 5.26 Å². The molecule has 0 amide bonds. The highest BCUT2D eigenvalue weighted by molar-refractivity contribution is 5.65. The van der Waals surface area contributed by atoms with Gasteiger partial charge in [0.15, 0.2) is 5.82 Å². The molecule has 90 valence electrons. The van der Waals surface area contributed by atoms with Gasteiger partial charge in [0.2, 0.25) is 0 Å². The average Bonchev–Trinajstić information content (AvgIpc) is 2.35. The van der Waals surface area contributed by atoms with Crippen LogP contribution < -0.4 is 5.32 Å². The Morgan fingerprint density at radius 1 is 1.22 bits per heavy atom. The third-order valence-corrected chi connectivity index (χ3v) is 2.89. The number of anilines is 2. The lowest BCUT2D eigenvalue weighted by atomic mass is 10.1. The number of hydrogen-bond donors (Lipinski definition) is 1. The maximum Gasteiger partial charge on any atom is 0.152 e. The first kappa shape index (κ1) is 12.1. The third-order valence-electron chi connectivity index (χ3n) is 2.89. The Morgan fingerprint density at radius 2 is 2.00 bits per heavy atom. The van der Waals surface area contributed by atoms with Crippen LogP contribution in [0.3, 0.4) is 0 Å². The molecule has 0 spiro atoms. The Bertz CT molecular complexity index is 626. The van der Waals surface area contributed by atoms with Gasteiger partial charge >= 0.3 is 0 Å². The topological polar surface area (TPSA) is 61.6 Å². The molecule has 0 bridgehead atoms. The number of aryl methyl sites for hydroxylation is 2. The third kappa shape index (κ3) is 2.30. The van der Waals surface area contributed by atoms with Gasteiger partial charge in [-0.2, -0.15) is 5.26 Å². The van der Waals surface area contributed by atoms with Crippen LogP contribution in [0.4, 0.5) is 11.5 Å². The summed E-state index contributed by atoms with van der Waals surface area (Å²) in [5, 5.41) is 12.2. The summed E-state index contributed by atoms with van der Waals surface area (Å²) in [6.07, 6.45) is 1.54. The van der Waals surface area contributed by atoms with Crippen LogP contribution in [0, 0.1) is 32.1 Å². The molecule has 1 aromatic heterocycles. The van der Waals surface area contributed by atoms with E-state index in [0.717, 1.165) is 11.3 Å². The summed E-state index contributed by atoms with van der Waals surface area (Å²) < 4.78 is 0. The monoisotopic (exact) mass is 238 g/mol. The Labute approximate surface area is 106 Å². The Kier molecular flexibility index (Phi) is 3.24. The zero-order chi connectivity index (χ0) is 13.1. The van der Waals surface area contributed by atoms with Crippen molar-refractivity contribution in [2.75, 3.05) is 5.32 Å². The van der Waals surface area contributed by atoms with Crippen LogP contribution in [-0.4, -0.2) is 9.97 Å². The number of nitriles is 1. The van der Waals surface area contributed by atoms with E-state index in [2.05, 4.69) is 34.3 Å². The summed E-state index contributed by atoms with van der Waals surface area (Å²) in [6, 6.07) is 8.09. The molecule has 0 fully saturated rings. The van der Waals surface area contributed by atoms with Crippen molar-refractivity contribution in [3.8, 4) is 6.07 Å². The van der Waals surface area contributed by atoms with E-state index in [1.165, 1.54) is 11.8 Å². The van der Waals surface area contributed by atoms with Gasteiger partial charge in [-0.25, -0.2) is 9.97 Å². The van der Waals surface area contributed by atoms with Crippen LogP contribution >= 0.6 is 0 Å². The summed E-state index contributed by atoms with van der Waals surface area (Å²) in [5.74, 6) is 1.19. The number of nitrogens with zero attached hydrogens (tertiary/aromatic N) is 3. The smallest absolute Gasteiger partial charge is 0.152 e. The maximum atomic E-state index is 9.04. The molecule has 0 aliphatic carbocycles. The highest BCUT2D eigenvalue weighted by Crippen LogP contribution is 2.23. The number of hydrogen-bond acceptors (Lipinski definition) is 4. The second-order valence-electron chi connectivity index (χ2n) is 4.16. The minimum atomic E-state index is 0.446. The minimum absolute atomic E-state index is 0.446. The van der Waals surface area contributed by atoms with E-state index < -0.39 is 0 Å². The van der Waals surface area contributed by atoms with Gasteiger partial charge in [-0.3, -0.25) is 0 Å². The molecule has 0 aliphatic heterocycles. The molecule has 1 N–H and O–H groups in total. The summed E-state index contributed by atoms with van der Waals surface area (Å²) in [5.41, 5.74) is 3.76. The van der Waals surface area contributed by atoms with Crippen molar-refractivity contribution < 1.29 is 0 Å². The molecule has 0 saturated heterocycles. The van der Waals surface area contributed by atoms with Gasteiger partial charge in [-0.05, 0) is 38.0 Å².